The second-order valence-corrected chi connectivity index (χ2v) is 4.48. The highest BCUT2D eigenvalue weighted by molar-refractivity contribution is 5.39. The van der Waals surface area contributed by atoms with Gasteiger partial charge in [-0.3, -0.25) is 0 Å². The fourth-order valence-corrected chi connectivity index (χ4v) is 2.15. The summed E-state index contributed by atoms with van der Waals surface area (Å²) in [6.45, 7) is 0.758. The normalized spacial score (nSPS) is 17.3. The van der Waals surface area contributed by atoms with E-state index in [1.807, 2.05) is 16.9 Å². The molecule has 3 rings (SSSR count). The third-order valence-corrected chi connectivity index (χ3v) is 3.49. The van der Waals surface area contributed by atoms with E-state index in [1.54, 1.807) is 6.20 Å². The Morgan fingerprint density at radius 2 is 2.00 bits per heavy atom. The molecule has 0 aliphatic heterocycles. The molecule has 2 aromatic rings. The minimum absolute atomic E-state index is 0.280. The van der Waals surface area contributed by atoms with Crippen LogP contribution in [0.3, 0.4) is 0 Å². The van der Waals surface area contributed by atoms with Gasteiger partial charge in [-0.15, -0.1) is 0 Å². The second kappa shape index (κ2) is 3.46. The first-order valence-corrected chi connectivity index (χ1v) is 5.65. The monoisotopic (exact) mass is 213 g/mol. The summed E-state index contributed by atoms with van der Waals surface area (Å²) >= 11 is 0. The van der Waals surface area contributed by atoms with Gasteiger partial charge in [0.05, 0.1) is 5.69 Å². The van der Waals surface area contributed by atoms with Crippen LogP contribution in [0.4, 0.5) is 0 Å². The van der Waals surface area contributed by atoms with Crippen LogP contribution >= 0.6 is 0 Å². The van der Waals surface area contributed by atoms with Gasteiger partial charge in [0, 0.05) is 24.4 Å². The maximum atomic E-state index is 5.82. The molecule has 1 heterocycles. The van der Waals surface area contributed by atoms with E-state index < -0.39 is 0 Å². The molecule has 1 aromatic heterocycles. The second-order valence-electron chi connectivity index (χ2n) is 4.48. The van der Waals surface area contributed by atoms with Gasteiger partial charge in [0.2, 0.25) is 0 Å². The van der Waals surface area contributed by atoms with Crippen LogP contribution in [0.15, 0.2) is 42.7 Å². The third-order valence-electron chi connectivity index (χ3n) is 3.49. The highest BCUT2D eigenvalue weighted by Crippen LogP contribution is 2.47. The largest absolute Gasteiger partial charge is 0.330 e. The minimum atomic E-state index is 0.280. The lowest BCUT2D eigenvalue weighted by Gasteiger charge is -2.13. The maximum absolute atomic E-state index is 5.82. The summed E-state index contributed by atoms with van der Waals surface area (Å²) < 4.78 is 1.87. The van der Waals surface area contributed by atoms with Crippen molar-refractivity contribution in [1.29, 1.82) is 0 Å². The number of aromatic nitrogens is 2. The summed E-state index contributed by atoms with van der Waals surface area (Å²) in [5.74, 6) is 0. The minimum Gasteiger partial charge on any atom is -0.330 e. The van der Waals surface area contributed by atoms with Gasteiger partial charge >= 0.3 is 0 Å². The Labute approximate surface area is 94.9 Å². The van der Waals surface area contributed by atoms with Crippen molar-refractivity contribution < 1.29 is 0 Å². The number of hydrogen-bond acceptors (Lipinski definition) is 2. The van der Waals surface area contributed by atoms with Gasteiger partial charge in [0.25, 0.3) is 0 Å². The van der Waals surface area contributed by atoms with Crippen LogP contribution in [0.5, 0.6) is 0 Å². The Kier molecular flexibility index (Phi) is 2.07. The van der Waals surface area contributed by atoms with Crippen LogP contribution in [-0.2, 0) is 5.41 Å². The van der Waals surface area contributed by atoms with Gasteiger partial charge in [-0.05, 0) is 36.6 Å². The van der Waals surface area contributed by atoms with E-state index in [-0.39, 0.29) is 5.41 Å². The summed E-state index contributed by atoms with van der Waals surface area (Å²) in [5, 5.41) is 4.21. The number of nitrogens with two attached hydrogens (primary N) is 1. The highest BCUT2D eigenvalue weighted by Gasteiger charge is 2.42. The SMILES string of the molecule is NCC1(c2ccc(-n3cccn3)cc2)CC1. The average Bonchev–Trinajstić information content (AvgIpc) is 2.96. The van der Waals surface area contributed by atoms with Gasteiger partial charge in [0.1, 0.15) is 0 Å². The molecule has 1 aromatic carbocycles. The van der Waals surface area contributed by atoms with Crippen molar-refractivity contribution in [3.8, 4) is 5.69 Å². The average molecular weight is 213 g/mol. The predicted octanol–water partition coefficient (Wildman–Crippen LogP) is 1.86. The number of hydrogen-bond donors (Lipinski definition) is 1. The summed E-state index contributed by atoms with van der Waals surface area (Å²) in [4.78, 5) is 0. The van der Waals surface area contributed by atoms with Crippen molar-refractivity contribution in [2.45, 2.75) is 18.3 Å². The lowest BCUT2D eigenvalue weighted by atomic mass is 9.96. The van der Waals surface area contributed by atoms with Crippen molar-refractivity contribution in [3.63, 3.8) is 0 Å². The summed E-state index contributed by atoms with van der Waals surface area (Å²) in [7, 11) is 0. The lowest BCUT2D eigenvalue weighted by Crippen LogP contribution is -2.19. The quantitative estimate of drug-likeness (QED) is 0.845. The van der Waals surface area contributed by atoms with Crippen LogP contribution in [0.25, 0.3) is 5.69 Å². The molecule has 2 N–H and O–H groups in total. The van der Waals surface area contributed by atoms with Crippen LogP contribution < -0.4 is 5.73 Å². The Balaban J connectivity index is 1.91. The Morgan fingerprint density at radius 3 is 2.50 bits per heavy atom. The van der Waals surface area contributed by atoms with E-state index in [0.29, 0.717) is 0 Å². The number of benzene rings is 1. The van der Waals surface area contributed by atoms with Crippen molar-refractivity contribution in [3.05, 3.63) is 48.3 Å². The van der Waals surface area contributed by atoms with Crippen LogP contribution in [0, 0.1) is 0 Å². The first-order chi connectivity index (χ1) is 7.84. The van der Waals surface area contributed by atoms with Gasteiger partial charge in [-0.2, -0.15) is 5.10 Å². The molecule has 3 nitrogen and oxygen atoms in total. The number of nitrogens with zero attached hydrogens (tertiary/aromatic N) is 2. The first-order valence-electron chi connectivity index (χ1n) is 5.65. The van der Waals surface area contributed by atoms with E-state index in [4.69, 9.17) is 5.73 Å². The molecule has 1 saturated carbocycles. The molecule has 1 fully saturated rings. The summed E-state index contributed by atoms with van der Waals surface area (Å²) in [6.07, 6.45) is 6.19. The third kappa shape index (κ3) is 1.44. The molecule has 0 bridgehead atoms. The van der Waals surface area contributed by atoms with Crippen LogP contribution in [-0.4, -0.2) is 16.3 Å². The van der Waals surface area contributed by atoms with Crippen molar-refractivity contribution in [2.75, 3.05) is 6.54 Å². The van der Waals surface area contributed by atoms with E-state index in [2.05, 4.69) is 29.4 Å². The smallest absolute Gasteiger partial charge is 0.0645 e. The fourth-order valence-electron chi connectivity index (χ4n) is 2.15. The molecular weight excluding hydrogens is 198 g/mol. The predicted molar refractivity (Wildman–Crippen MR) is 63.5 cm³/mol. The summed E-state index contributed by atoms with van der Waals surface area (Å²) in [6, 6.07) is 10.5. The molecule has 3 heteroatoms. The van der Waals surface area contributed by atoms with Crippen molar-refractivity contribution in [1.82, 2.24) is 9.78 Å². The summed E-state index contributed by atoms with van der Waals surface area (Å²) in [5.41, 5.74) is 8.56. The molecule has 82 valence electrons. The molecule has 0 amide bonds. The highest BCUT2D eigenvalue weighted by atomic mass is 15.3. The van der Waals surface area contributed by atoms with Gasteiger partial charge in [0.15, 0.2) is 0 Å². The Hall–Kier alpha value is -1.61. The van der Waals surface area contributed by atoms with E-state index >= 15 is 0 Å². The molecule has 1 aliphatic carbocycles. The molecule has 0 atom stereocenters. The molecule has 0 saturated heterocycles. The Bertz CT molecular complexity index is 466. The molecule has 16 heavy (non-hydrogen) atoms. The standard InChI is InChI=1S/C13H15N3/c14-10-13(6-7-13)11-2-4-12(5-3-11)16-9-1-8-15-16/h1-5,8-9H,6-7,10,14H2. The maximum Gasteiger partial charge on any atom is 0.0645 e. The molecule has 0 radical (unpaired) electrons. The van der Waals surface area contributed by atoms with E-state index in [9.17, 15) is 0 Å². The van der Waals surface area contributed by atoms with Crippen LogP contribution in [0.2, 0.25) is 0 Å². The van der Waals surface area contributed by atoms with E-state index in [1.165, 1.54) is 18.4 Å². The van der Waals surface area contributed by atoms with Gasteiger partial charge < -0.3 is 5.73 Å². The van der Waals surface area contributed by atoms with Crippen molar-refractivity contribution >= 4 is 0 Å². The molecule has 0 spiro atoms. The van der Waals surface area contributed by atoms with Crippen LogP contribution in [0.1, 0.15) is 18.4 Å². The zero-order valence-electron chi connectivity index (χ0n) is 9.13. The molecular formula is C13H15N3. The zero-order valence-corrected chi connectivity index (χ0v) is 9.13. The van der Waals surface area contributed by atoms with Gasteiger partial charge in [-0.25, -0.2) is 4.68 Å². The topological polar surface area (TPSA) is 43.8 Å². The Morgan fingerprint density at radius 1 is 1.25 bits per heavy atom. The first kappa shape index (κ1) is 9.60. The fraction of sp³-hybridized carbons (Fsp3) is 0.308. The molecule has 1 aliphatic rings. The molecule has 0 unspecified atom stereocenters. The van der Waals surface area contributed by atoms with Crippen molar-refractivity contribution in [2.24, 2.45) is 5.73 Å². The van der Waals surface area contributed by atoms with E-state index in [0.717, 1.165) is 12.2 Å². The van der Waals surface area contributed by atoms with Gasteiger partial charge in [-0.1, -0.05) is 12.1 Å². The number of rotatable bonds is 3. The zero-order chi connectivity index (χ0) is 11.0. The lowest BCUT2D eigenvalue weighted by molar-refractivity contribution is 0.704.